The van der Waals surface area contributed by atoms with Crippen LogP contribution in [0.5, 0.6) is 5.75 Å². The van der Waals surface area contributed by atoms with Gasteiger partial charge in [-0.15, -0.1) is 0 Å². The molecule has 1 saturated heterocycles. The van der Waals surface area contributed by atoms with E-state index in [-0.39, 0.29) is 11.6 Å². The van der Waals surface area contributed by atoms with Crippen LogP contribution in [0.15, 0.2) is 53.3 Å². The van der Waals surface area contributed by atoms with E-state index in [1.165, 1.54) is 21.4 Å². The van der Waals surface area contributed by atoms with E-state index in [0.29, 0.717) is 54.8 Å². The summed E-state index contributed by atoms with van der Waals surface area (Å²) in [5, 5.41) is 8.20. The van der Waals surface area contributed by atoms with Gasteiger partial charge < -0.3 is 15.0 Å². The molecule has 1 aliphatic rings. The normalized spacial score (nSPS) is 14.2. The minimum atomic E-state index is -0.185. The summed E-state index contributed by atoms with van der Waals surface area (Å²) in [6.07, 6.45) is 0. The van der Waals surface area contributed by atoms with Crippen LogP contribution in [0, 0.1) is 13.8 Å². The Morgan fingerprint density at radius 1 is 1.03 bits per heavy atom. The molecule has 0 spiro atoms. The summed E-state index contributed by atoms with van der Waals surface area (Å²) in [7, 11) is 1.59. The molecule has 10 heteroatoms. The Morgan fingerprint density at radius 3 is 2.47 bits per heavy atom. The number of hydrogen-bond donors (Lipinski definition) is 1. The Bertz CT molecular complexity index is 1460. The van der Waals surface area contributed by atoms with E-state index in [4.69, 9.17) is 9.72 Å². The second-order valence-corrected chi connectivity index (χ2v) is 9.91. The molecule has 0 unspecified atom stereocenters. The van der Waals surface area contributed by atoms with Crippen LogP contribution in [-0.4, -0.2) is 63.7 Å². The highest BCUT2D eigenvalue weighted by molar-refractivity contribution is 7.19. The third kappa shape index (κ3) is 5.09. The molecule has 2 amide bonds. The number of carbonyl (C=O) groups excluding carboxylic acids is 1. The molecule has 4 aromatic rings. The summed E-state index contributed by atoms with van der Waals surface area (Å²) in [6.45, 7) is 7.10. The van der Waals surface area contributed by atoms with E-state index >= 15 is 0 Å². The lowest BCUT2D eigenvalue weighted by Crippen LogP contribution is -2.49. The van der Waals surface area contributed by atoms with Gasteiger partial charge in [0.15, 0.2) is 0 Å². The number of hydrogen-bond acceptors (Lipinski definition) is 7. The van der Waals surface area contributed by atoms with Crippen LogP contribution in [0.25, 0.3) is 15.5 Å². The number of anilines is 1. The quantitative estimate of drug-likeness (QED) is 0.445. The van der Waals surface area contributed by atoms with E-state index in [1.807, 2.05) is 56.3 Å². The molecule has 1 aliphatic heterocycles. The fraction of sp³-hybridized carbons (Fsp3) is 0.308. The van der Waals surface area contributed by atoms with Crippen molar-refractivity contribution >= 4 is 28.0 Å². The summed E-state index contributed by atoms with van der Waals surface area (Å²) in [5.41, 5.74) is 4.37. The number of rotatable bonds is 5. The fourth-order valence-electron chi connectivity index (χ4n) is 4.20. The Hall–Kier alpha value is -3.76. The number of methoxy groups -OCH3 is 1. The largest absolute Gasteiger partial charge is 0.495 e. The lowest BCUT2D eigenvalue weighted by atomic mass is 10.2. The summed E-state index contributed by atoms with van der Waals surface area (Å²) in [4.78, 5) is 34.8. The second-order valence-electron chi connectivity index (χ2n) is 8.95. The Kier molecular flexibility index (Phi) is 6.71. The third-order valence-electron chi connectivity index (χ3n) is 6.24. The Labute approximate surface area is 213 Å². The lowest BCUT2D eigenvalue weighted by molar-refractivity contribution is 0.142. The zero-order valence-electron chi connectivity index (χ0n) is 20.5. The molecule has 1 N–H and O–H groups in total. The van der Waals surface area contributed by atoms with Gasteiger partial charge in [0.1, 0.15) is 10.8 Å². The number of aryl methyl sites for hydroxylation is 2. The molecule has 9 nitrogen and oxygen atoms in total. The second kappa shape index (κ2) is 10.1. The molecule has 0 aliphatic carbocycles. The maximum Gasteiger partial charge on any atom is 0.322 e. The molecular weight excluding hydrogens is 476 g/mol. The van der Waals surface area contributed by atoms with Crippen LogP contribution in [-0.2, 0) is 6.54 Å². The van der Waals surface area contributed by atoms with Crippen molar-refractivity contribution < 1.29 is 9.53 Å². The van der Waals surface area contributed by atoms with Crippen molar-refractivity contribution in [1.82, 2.24) is 24.4 Å². The van der Waals surface area contributed by atoms with Crippen molar-refractivity contribution in [2.45, 2.75) is 20.4 Å². The van der Waals surface area contributed by atoms with Crippen LogP contribution < -0.4 is 15.6 Å². The van der Waals surface area contributed by atoms with Gasteiger partial charge in [0, 0.05) is 44.4 Å². The number of piperazine rings is 1. The molecule has 0 radical (unpaired) electrons. The van der Waals surface area contributed by atoms with Crippen LogP contribution in [0.3, 0.4) is 0 Å². The SMILES string of the molecule is COc1ccc(C)cc1NC(=O)N1CCN(Cc2cc(=O)n3nc(-c4ccc(C)cc4)sc3n2)CC1. The van der Waals surface area contributed by atoms with Crippen molar-refractivity contribution in [3.63, 3.8) is 0 Å². The summed E-state index contributed by atoms with van der Waals surface area (Å²) < 4.78 is 6.73. The number of nitrogens with one attached hydrogen (secondary N) is 1. The molecule has 186 valence electrons. The zero-order valence-corrected chi connectivity index (χ0v) is 21.3. The van der Waals surface area contributed by atoms with Gasteiger partial charge in [0.2, 0.25) is 4.96 Å². The average Bonchev–Trinajstić information content (AvgIpc) is 3.30. The van der Waals surface area contributed by atoms with Crippen LogP contribution in [0.4, 0.5) is 10.5 Å². The highest BCUT2D eigenvalue weighted by atomic mass is 32.1. The first-order valence-corrected chi connectivity index (χ1v) is 12.6. The fourth-order valence-corrected chi connectivity index (χ4v) is 5.13. The van der Waals surface area contributed by atoms with E-state index in [9.17, 15) is 9.59 Å². The van der Waals surface area contributed by atoms with Crippen molar-refractivity contribution in [2.24, 2.45) is 0 Å². The molecule has 3 heterocycles. The van der Waals surface area contributed by atoms with E-state index in [0.717, 1.165) is 16.1 Å². The van der Waals surface area contributed by atoms with Gasteiger partial charge in [-0.25, -0.2) is 9.78 Å². The van der Waals surface area contributed by atoms with Crippen LogP contribution >= 0.6 is 11.3 Å². The van der Waals surface area contributed by atoms with Gasteiger partial charge in [0.25, 0.3) is 5.56 Å². The maximum absolute atomic E-state index is 12.8. The summed E-state index contributed by atoms with van der Waals surface area (Å²) in [5.74, 6) is 0.633. The van der Waals surface area contributed by atoms with Crippen molar-refractivity contribution in [3.8, 4) is 16.3 Å². The molecule has 0 bridgehead atoms. The summed E-state index contributed by atoms with van der Waals surface area (Å²) >= 11 is 1.41. The minimum Gasteiger partial charge on any atom is -0.495 e. The smallest absolute Gasteiger partial charge is 0.322 e. The van der Waals surface area contributed by atoms with Gasteiger partial charge in [-0.05, 0) is 31.5 Å². The van der Waals surface area contributed by atoms with Gasteiger partial charge in [-0.2, -0.15) is 9.61 Å². The number of ether oxygens (including phenoxy) is 1. The molecule has 0 saturated carbocycles. The van der Waals surface area contributed by atoms with Crippen molar-refractivity contribution in [1.29, 1.82) is 0 Å². The number of nitrogens with zero attached hydrogens (tertiary/aromatic N) is 5. The van der Waals surface area contributed by atoms with E-state index < -0.39 is 0 Å². The molecule has 0 atom stereocenters. The van der Waals surface area contributed by atoms with Crippen LogP contribution in [0.1, 0.15) is 16.8 Å². The molecule has 36 heavy (non-hydrogen) atoms. The van der Waals surface area contributed by atoms with Gasteiger partial charge in [-0.3, -0.25) is 9.69 Å². The van der Waals surface area contributed by atoms with Crippen molar-refractivity contribution in [2.75, 3.05) is 38.6 Å². The van der Waals surface area contributed by atoms with Gasteiger partial charge >= 0.3 is 6.03 Å². The van der Waals surface area contributed by atoms with Crippen LogP contribution in [0.2, 0.25) is 0 Å². The number of fused-ring (bicyclic) bond motifs is 1. The van der Waals surface area contributed by atoms with Gasteiger partial charge in [-0.1, -0.05) is 47.2 Å². The Balaban J connectivity index is 1.23. The number of benzene rings is 2. The molecule has 2 aromatic heterocycles. The highest BCUT2D eigenvalue weighted by Crippen LogP contribution is 2.26. The van der Waals surface area contributed by atoms with Crippen molar-refractivity contribution in [3.05, 3.63) is 75.7 Å². The number of urea groups is 1. The Morgan fingerprint density at radius 2 is 1.75 bits per heavy atom. The highest BCUT2D eigenvalue weighted by Gasteiger charge is 2.23. The first-order chi connectivity index (χ1) is 17.4. The van der Waals surface area contributed by atoms with E-state index in [2.05, 4.69) is 15.3 Å². The standard InChI is InChI=1S/C26H28N6O3S/c1-17-4-7-19(8-5-17)24-29-32-23(33)15-20(27-26(32)36-24)16-30-10-12-31(13-11-30)25(34)28-21-14-18(2)6-9-22(21)35-3/h4-9,14-15H,10-13,16H2,1-3H3,(H,28,34). The average molecular weight is 505 g/mol. The number of carbonyl (C=O) groups is 1. The van der Waals surface area contributed by atoms with Gasteiger partial charge in [0.05, 0.1) is 18.5 Å². The molecular formula is C26H28N6O3S. The third-order valence-corrected chi connectivity index (χ3v) is 7.20. The zero-order chi connectivity index (χ0) is 25.2. The molecule has 1 fully saturated rings. The van der Waals surface area contributed by atoms with E-state index in [1.54, 1.807) is 18.1 Å². The number of aromatic nitrogens is 3. The molecule has 5 rings (SSSR count). The maximum atomic E-state index is 12.8. The molecule has 2 aromatic carbocycles. The summed E-state index contributed by atoms with van der Waals surface area (Å²) in [6, 6.07) is 15.2. The predicted octanol–water partition coefficient (Wildman–Crippen LogP) is 3.79. The lowest BCUT2D eigenvalue weighted by Gasteiger charge is -2.34. The minimum absolute atomic E-state index is 0.148. The first-order valence-electron chi connectivity index (χ1n) is 11.8. The number of amides is 2. The topological polar surface area (TPSA) is 92.1 Å². The predicted molar refractivity (Wildman–Crippen MR) is 141 cm³/mol. The first kappa shape index (κ1) is 24.0. The monoisotopic (exact) mass is 504 g/mol.